The minimum atomic E-state index is -0.0418. The molecule has 0 aliphatic heterocycles. The van der Waals surface area contributed by atoms with Gasteiger partial charge in [0.2, 0.25) is 0 Å². The van der Waals surface area contributed by atoms with Crippen LogP contribution in [0.3, 0.4) is 0 Å². The van der Waals surface area contributed by atoms with Gasteiger partial charge in [-0.15, -0.1) is 22.7 Å². The largest absolute Gasteiger partial charge is 0.325 e. The van der Waals surface area contributed by atoms with Crippen molar-refractivity contribution in [3.8, 4) is 10.4 Å². The topological polar surface area (TPSA) is 50.2 Å². The molecule has 2 N–H and O–H groups in total. The van der Waals surface area contributed by atoms with E-state index in [-0.39, 0.29) is 11.6 Å². The summed E-state index contributed by atoms with van der Waals surface area (Å²) in [5.41, 5.74) is 2.26. The number of hydrogen-bond acceptors (Lipinski definition) is 5. The predicted molar refractivity (Wildman–Crippen MR) is 107 cm³/mol. The molecule has 25 heavy (non-hydrogen) atoms. The molecule has 128 valence electrons. The first-order chi connectivity index (χ1) is 12.1. The van der Waals surface area contributed by atoms with E-state index in [2.05, 4.69) is 35.8 Å². The highest BCUT2D eigenvalue weighted by molar-refractivity contribution is 7.18. The van der Waals surface area contributed by atoms with Gasteiger partial charge in [-0.25, -0.2) is 4.98 Å². The number of H-pyrrole nitrogens is 1. The van der Waals surface area contributed by atoms with Gasteiger partial charge in [0.25, 0.3) is 5.56 Å². The first-order valence-corrected chi connectivity index (χ1v) is 10.7. The van der Waals surface area contributed by atoms with Gasteiger partial charge in [-0.1, -0.05) is 6.07 Å². The van der Waals surface area contributed by atoms with Crippen LogP contribution < -0.4 is 10.5 Å². The highest BCUT2D eigenvalue weighted by Gasteiger charge is 2.21. The van der Waals surface area contributed by atoms with E-state index in [1.807, 2.05) is 22.9 Å². The number of rotatable bonds is 5. The van der Waals surface area contributed by atoms with Gasteiger partial charge < -0.3 is 9.88 Å². The first kappa shape index (κ1) is 16.7. The molecule has 4 aromatic heterocycles. The van der Waals surface area contributed by atoms with Crippen LogP contribution in [0.4, 0.5) is 0 Å². The molecule has 0 amide bonds. The van der Waals surface area contributed by atoms with E-state index in [1.54, 1.807) is 34.0 Å². The second-order valence-corrected chi connectivity index (χ2v) is 8.72. The van der Waals surface area contributed by atoms with Crippen LogP contribution in [0.1, 0.15) is 24.4 Å². The molecule has 0 aliphatic carbocycles. The maximum absolute atomic E-state index is 12.7. The van der Waals surface area contributed by atoms with Crippen LogP contribution in [0.2, 0.25) is 0 Å². The fourth-order valence-corrected chi connectivity index (χ4v) is 5.32. The number of hydrogen-bond donors (Lipinski definition) is 2. The third kappa shape index (κ3) is 3.20. The summed E-state index contributed by atoms with van der Waals surface area (Å²) in [4.78, 5) is 23.7. The number of nitrogens with one attached hydrogen (secondary N) is 2. The molecule has 0 fully saturated rings. The van der Waals surface area contributed by atoms with E-state index < -0.39 is 0 Å². The maximum atomic E-state index is 12.7. The molecule has 0 saturated carbocycles. The van der Waals surface area contributed by atoms with Crippen LogP contribution in [0, 0.1) is 0 Å². The Labute approximate surface area is 157 Å². The van der Waals surface area contributed by atoms with Crippen molar-refractivity contribution in [3.05, 3.63) is 61.5 Å². The zero-order valence-electron chi connectivity index (χ0n) is 13.9. The number of fused-ring (bicyclic) bond motifs is 1. The Hall–Kier alpha value is -1.80. The number of aromatic amines is 1. The number of thiophene rings is 3. The van der Waals surface area contributed by atoms with Gasteiger partial charge in [-0.3, -0.25) is 4.79 Å². The SMILES string of the molecule is C[C@H](c1nc2scc(-c3cccs3)c2c(=O)[nH]1)[NH+](C)Cc1ccsc1. The van der Waals surface area contributed by atoms with Crippen molar-refractivity contribution in [2.24, 2.45) is 0 Å². The summed E-state index contributed by atoms with van der Waals surface area (Å²) in [6.07, 6.45) is 0. The van der Waals surface area contributed by atoms with E-state index in [0.717, 1.165) is 27.6 Å². The van der Waals surface area contributed by atoms with Crippen LogP contribution >= 0.6 is 34.0 Å². The van der Waals surface area contributed by atoms with Crippen LogP contribution in [-0.2, 0) is 6.54 Å². The Morgan fingerprint density at radius 1 is 1.24 bits per heavy atom. The fourth-order valence-electron chi connectivity index (χ4n) is 2.89. The van der Waals surface area contributed by atoms with Gasteiger partial charge >= 0.3 is 0 Å². The molecule has 4 heterocycles. The van der Waals surface area contributed by atoms with Crippen molar-refractivity contribution >= 4 is 44.2 Å². The van der Waals surface area contributed by atoms with E-state index >= 15 is 0 Å². The third-order valence-electron chi connectivity index (χ3n) is 4.46. The summed E-state index contributed by atoms with van der Waals surface area (Å²) in [6, 6.07) is 6.31. The highest BCUT2D eigenvalue weighted by atomic mass is 32.1. The summed E-state index contributed by atoms with van der Waals surface area (Å²) >= 11 is 4.90. The highest BCUT2D eigenvalue weighted by Crippen LogP contribution is 2.33. The van der Waals surface area contributed by atoms with Crippen LogP contribution in [0.15, 0.2) is 44.5 Å². The summed E-state index contributed by atoms with van der Waals surface area (Å²) < 4.78 is 0. The molecule has 4 aromatic rings. The molecule has 2 atom stereocenters. The minimum Gasteiger partial charge on any atom is -0.325 e. The van der Waals surface area contributed by atoms with Crippen molar-refractivity contribution in [3.63, 3.8) is 0 Å². The lowest BCUT2D eigenvalue weighted by atomic mass is 10.2. The molecule has 7 heteroatoms. The molecule has 0 bridgehead atoms. The van der Waals surface area contributed by atoms with Gasteiger partial charge in [0.05, 0.1) is 12.4 Å². The first-order valence-electron chi connectivity index (χ1n) is 8.02. The second-order valence-electron chi connectivity index (χ2n) is 6.13. The maximum Gasteiger partial charge on any atom is 0.260 e. The van der Waals surface area contributed by atoms with E-state index in [9.17, 15) is 4.79 Å². The molecule has 1 unspecified atom stereocenters. The summed E-state index contributed by atoms with van der Waals surface area (Å²) in [7, 11) is 2.14. The minimum absolute atomic E-state index is 0.0418. The summed E-state index contributed by atoms with van der Waals surface area (Å²) in [6.45, 7) is 3.02. The average molecular weight is 389 g/mol. The zero-order valence-corrected chi connectivity index (χ0v) is 16.4. The Balaban J connectivity index is 1.68. The Bertz CT molecular complexity index is 1030. The second kappa shape index (κ2) is 6.84. The zero-order chi connectivity index (χ0) is 17.4. The Morgan fingerprint density at radius 3 is 2.84 bits per heavy atom. The summed E-state index contributed by atoms with van der Waals surface area (Å²) in [5, 5.41) is 9.03. The van der Waals surface area contributed by atoms with Crippen molar-refractivity contribution in [1.29, 1.82) is 0 Å². The Morgan fingerprint density at radius 2 is 2.12 bits per heavy atom. The van der Waals surface area contributed by atoms with Crippen molar-refractivity contribution in [2.45, 2.75) is 19.5 Å². The Kier molecular flexibility index (Phi) is 4.56. The van der Waals surface area contributed by atoms with Crippen LogP contribution in [-0.4, -0.2) is 17.0 Å². The molecule has 0 radical (unpaired) electrons. The lowest BCUT2D eigenvalue weighted by Crippen LogP contribution is -3.07. The predicted octanol–water partition coefficient (Wildman–Crippen LogP) is 3.55. The molecule has 0 saturated heterocycles. The van der Waals surface area contributed by atoms with Gasteiger partial charge in [0.1, 0.15) is 17.4 Å². The van der Waals surface area contributed by atoms with E-state index in [4.69, 9.17) is 4.98 Å². The van der Waals surface area contributed by atoms with E-state index in [0.29, 0.717) is 5.39 Å². The average Bonchev–Trinajstić information content (AvgIpc) is 3.34. The molecule has 4 rings (SSSR count). The molecule has 0 aliphatic rings. The van der Waals surface area contributed by atoms with Gasteiger partial charge in [-0.05, 0) is 35.2 Å². The standard InChI is InChI=1S/C18H17N3OS3/c1-11(21(2)8-12-5-7-23-9-12)16-19-17(22)15-13(10-25-18(15)20-16)14-4-3-6-24-14/h3-7,9-11H,8H2,1-2H3,(H,19,20,22)/p+1/t11-/m1/s1. The smallest absolute Gasteiger partial charge is 0.260 e. The lowest BCUT2D eigenvalue weighted by Gasteiger charge is -2.20. The van der Waals surface area contributed by atoms with E-state index in [1.165, 1.54) is 10.5 Å². The van der Waals surface area contributed by atoms with Gasteiger partial charge in [0.15, 0.2) is 5.82 Å². The van der Waals surface area contributed by atoms with Crippen molar-refractivity contribution in [2.75, 3.05) is 7.05 Å². The monoisotopic (exact) mass is 388 g/mol. The summed E-state index contributed by atoms with van der Waals surface area (Å²) in [5.74, 6) is 0.754. The third-order valence-corrected chi connectivity index (χ3v) is 6.97. The van der Waals surface area contributed by atoms with Crippen molar-refractivity contribution < 1.29 is 4.90 Å². The lowest BCUT2D eigenvalue weighted by molar-refractivity contribution is -0.924. The normalized spacial score (nSPS) is 14.0. The van der Waals surface area contributed by atoms with Gasteiger partial charge in [0, 0.05) is 21.4 Å². The number of quaternary nitrogens is 1. The molecule has 0 aromatic carbocycles. The van der Waals surface area contributed by atoms with Gasteiger partial charge in [-0.2, -0.15) is 11.3 Å². The van der Waals surface area contributed by atoms with Crippen molar-refractivity contribution in [1.82, 2.24) is 9.97 Å². The van der Waals surface area contributed by atoms with Crippen LogP contribution in [0.25, 0.3) is 20.7 Å². The van der Waals surface area contributed by atoms with Crippen LogP contribution in [0.5, 0.6) is 0 Å². The fraction of sp³-hybridized carbons (Fsp3) is 0.222. The molecule has 4 nitrogen and oxygen atoms in total. The number of nitrogens with zero attached hydrogens (tertiary/aromatic N) is 1. The molecule has 0 spiro atoms. The number of aromatic nitrogens is 2. The quantitative estimate of drug-likeness (QED) is 0.549. The molecular weight excluding hydrogens is 370 g/mol. The molecular formula is C18H18N3OS3+.